The number of hydrogen-bond donors (Lipinski definition) is 2. The number of aryl methyl sites for hydroxylation is 2. The molecule has 0 saturated carbocycles. The number of aromatic amines is 1. The number of fused-ring (bicyclic) bond motifs is 1. The number of amides is 1. The van der Waals surface area contributed by atoms with Gasteiger partial charge < -0.3 is 9.88 Å². The number of pyridine rings is 1. The molecule has 1 aliphatic rings. The molecule has 1 saturated heterocycles. The van der Waals surface area contributed by atoms with Gasteiger partial charge in [0.2, 0.25) is 5.43 Å². The normalized spacial score (nSPS) is 14.9. The number of sulfonamides is 1. The number of nitrogens with one attached hydrogen (secondary N) is 2. The predicted octanol–water partition coefficient (Wildman–Crippen LogP) is 3.96. The average molecular weight is 454 g/mol. The molecule has 1 aliphatic heterocycles. The number of carbonyl (C=O) groups is 1. The van der Waals surface area contributed by atoms with Gasteiger partial charge in [0.15, 0.2) is 0 Å². The number of aromatic nitrogens is 1. The summed E-state index contributed by atoms with van der Waals surface area (Å²) in [6.45, 7) is 5.04. The fourth-order valence-electron chi connectivity index (χ4n) is 4.22. The van der Waals surface area contributed by atoms with Gasteiger partial charge in [-0.2, -0.15) is 0 Å². The van der Waals surface area contributed by atoms with Crippen LogP contribution >= 0.6 is 0 Å². The summed E-state index contributed by atoms with van der Waals surface area (Å²) in [5, 5.41) is 0.175. The lowest BCUT2D eigenvalue weighted by atomic mass is 10.1. The van der Waals surface area contributed by atoms with Crippen LogP contribution in [0.5, 0.6) is 0 Å². The van der Waals surface area contributed by atoms with Gasteiger partial charge in [-0.3, -0.25) is 14.3 Å². The molecule has 168 valence electrons. The number of benzene rings is 2. The van der Waals surface area contributed by atoms with E-state index in [9.17, 15) is 18.0 Å². The summed E-state index contributed by atoms with van der Waals surface area (Å²) in [6.07, 6.45) is 5.42. The highest BCUT2D eigenvalue weighted by atomic mass is 32.2. The average Bonchev–Trinajstić information content (AvgIpc) is 3.02. The van der Waals surface area contributed by atoms with Crippen LogP contribution in [0.1, 0.15) is 47.2 Å². The van der Waals surface area contributed by atoms with Crippen molar-refractivity contribution < 1.29 is 13.2 Å². The van der Waals surface area contributed by atoms with Gasteiger partial charge >= 0.3 is 0 Å². The Morgan fingerprint density at radius 3 is 2.28 bits per heavy atom. The number of rotatable bonds is 4. The van der Waals surface area contributed by atoms with Gasteiger partial charge in [-0.05, 0) is 68.1 Å². The summed E-state index contributed by atoms with van der Waals surface area (Å²) in [5.74, 6) is -0.309. The number of carbonyl (C=O) groups excluding carboxylic acids is 1. The minimum Gasteiger partial charge on any atom is -0.360 e. The number of nitrogens with zero attached hydrogens (tertiary/aromatic N) is 1. The van der Waals surface area contributed by atoms with Gasteiger partial charge in [0, 0.05) is 35.9 Å². The summed E-state index contributed by atoms with van der Waals surface area (Å²) >= 11 is 0. The second kappa shape index (κ2) is 8.78. The Kier molecular flexibility index (Phi) is 6.06. The van der Waals surface area contributed by atoms with Gasteiger partial charge in [-0.25, -0.2) is 8.42 Å². The van der Waals surface area contributed by atoms with E-state index in [-0.39, 0.29) is 21.8 Å². The number of hydrogen-bond acceptors (Lipinski definition) is 4. The zero-order valence-corrected chi connectivity index (χ0v) is 19.1. The fraction of sp³-hybridized carbons (Fsp3) is 0.333. The van der Waals surface area contributed by atoms with E-state index in [1.54, 1.807) is 23.1 Å². The Bertz CT molecular complexity index is 1320. The summed E-state index contributed by atoms with van der Waals surface area (Å²) in [4.78, 5) is 30.8. The lowest BCUT2D eigenvalue weighted by Gasteiger charge is -2.20. The zero-order valence-electron chi connectivity index (χ0n) is 18.3. The maximum atomic E-state index is 13.1. The molecule has 2 heterocycles. The standard InChI is InChI=1S/C24H27N3O4S/c1-16-11-17(2)13-18(12-16)26-32(30,31)19-7-8-22-20(14-19)23(28)21(15-25-22)24(29)27-9-5-3-4-6-10-27/h7-8,11-15,26H,3-6,9-10H2,1-2H3,(H,25,28). The molecule has 8 heteroatoms. The Balaban J connectivity index is 1.70. The molecule has 3 aromatic rings. The maximum Gasteiger partial charge on any atom is 0.261 e. The van der Waals surface area contributed by atoms with Crippen LogP contribution < -0.4 is 10.2 Å². The molecule has 0 spiro atoms. The Morgan fingerprint density at radius 2 is 1.62 bits per heavy atom. The third-order valence-electron chi connectivity index (χ3n) is 5.76. The SMILES string of the molecule is Cc1cc(C)cc(NS(=O)(=O)c2ccc3[nH]cc(C(=O)N4CCCCCC4)c(=O)c3c2)c1. The molecule has 0 aliphatic carbocycles. The van der Waals surface area contributed by atoms with Gasteiger partial charge in [0.05, 0.1) is 4.90 Å². The first-order valence-corrected chi connectivity index (χ1v) is 12.3. The lowest BCUT2D eigenvalue weighted by Crippen LogP contribution is -2.35. The van der Waals surface area contributed by atoms with Crippen molar-refractivity contribution in [3.8, 4) is 0 Å². The van der Waals surface area contributed by atoms with Crippen LogP contribution in [0.25, 0.3) is 10.9 Å². The Labute approximate surface area is 187 Å². The van der Waals surface area contributed by atoms with E-state index in [1.165, 1.54) is 18.3 Å². The molecule has 2 aromatic carbocycles. The molecule has 0 radical (unpaired) electrons. The third-order valence-corrected chi connectivity index (χ3v) is 7.14. The first-order valence-electron chi connectivity index (χ1n) is 10.8. The molecular weight excluding hydrogens is 426 g/mol. The second-order valence-electron chi connectivity index (χ2n) is 8.43. The van der Waals surface area contributed by atoms with Gasteiger partial charge in [0.1, 0.15) is 5.56 Å². The van der Waals surface area contributed by atoms with E-state index in [0.717, 1.165) is 36.8 Å². The molecule has 32 heavy (non-hydrogen) atoms. The first-order chi connectivity index (χ1) is 15.2. The van der Waals surface area contributed by atoms with Crippen molar-refractivity contribution in [3.05, 3.63) is 69.5 Å². The van der Waals surface area contributed by atoms with Crippen molar-refractivity contribution in [2.45, 2.75) is 44.4 Å². The Hall–Kier alpha value is -3.13. The van der Waals surface area contributed by atoms with Crippen molar-refractivity contribution in [1.82, 2.24) is 9.88 Å². The van der Waals surface area contributed by atoms with Crippen LogP contribution in [-0.2, 0) is 10.0 Å². The molecule has 0 atom stereocenters. The highest BCUT2D eigenvalue weighted by molar-refractivity contribution is 7.92. The summed E-state index contributed by atoms with van der Waals surface area (Å²) in [7, 11) is -3.91. The fourth-order valence-corrected chi connectivity index (χ4v) is 5.28. The summed E-state index contributed by atoms with van der Waals surface area (Å²) in [6, 6.07) is 9.77. The molecule has 4 rings (SSSR count). The van der Waals surface area contributed by atoms with Crippen LogP contribution in [0.3, 0.4) is 0 Å². The smallest absolute Gasteiger partial charge is 0.261 e. The van der Waals surface area contributed by atoms with Gasteiger partial charge in [-0.1, -0.05) is 18.9 Å². The summed E-state index contributed by atoms with van der Waals surface area (Å²) in [5.41, 5.74) is 2.39. The number of H-pyrrole nitrogens is 1. The Morgan fingerprint density at radius 1 is 0.969 bits per heavy atom. The van der Waals surface area contributed by atoms with Crippen molar-refractivity contribution >= 4 is 32.5 Å². The van der Waals surface area contributed by atoms with Crippen molar-refractivity contribution in [3.63, 3.8) is 0 Å². The van der Waals surface area contributed by atoms with Crippen molar-refractivity contribution in [2.24, 2.45) is 0 Å². The largest absolute Gasteiger partial charge is 0.360 e. The molecular formula is C24H27N3O4S. The monoisotopic (exact) mass is 453 g/mol. The zero-order chi connectivity index (χ0) is 22.9. The van der Waals surface area contributed by atoms with E-state index < -0.39 is 15.5 Å². The topological polar surface area (TPSA) is 99.3 Å². The highest BCUT2D eigenvalue weighted by Crippen LogP contribution is 2.21. The van der Waals surface area contributed by atoms with Gasteiger partial charge in [-0.15, -0.1) is 0 Å². The van der Waals surface area contributed by atoms with Crippen molar-refractivity contribution in [1.29, 1.82) is 0 Å². The van der Waals surface area contributed by atoms with Crippen LogP contribution in [-0.4, -0.2) is 37.3 Å². The molecule has 1 aromatic heterocycles. The molecule has 7 nitrogen and oxygen atoms in total. The highest BCUT2D eigenvalue weighted by Gasteiger charge is 2.22. The molecule has 1 amide bonds. The van der Waals surface area contributed by atoms with E-state index in [0.29, 0.717) is 24.3 Å². The number of anilines is 1. The second-order valence-corrected chi connectivity index (χ2v) is 10.1. The first kappa shape index (κ1) is 22.1. The van der Waals surface area contributed by atoms with E-state index in [1.807, 2.05) is 19.9 Å². The minimum absolute atomic E-state index is 0.0333. The predicted molar refractivity (Wildman–Crippen MR) is 126 cm³/mol. The molecule has 0 bridgehead atoms. The van der Waals surface area contributed by atoms with Gasteiger partial charge in [0.25, 0.3) is 15.9 Å². The molecule has 2 N–H and O–H groups in total. The van der Waals surface area contributed by atoms with Crippen molar-refractivity contribution in [2.75, 3.05) is 17.8 Å². The quantitative estimate of drug-likeness (QED) is 0.624. The van der Waals surface area contributed by atoms with E-state index in [2.05, 4.69) is 9.71 Å². The summed E-state index contributed by atoms with van der Waals surface area (Å²) < 4.78 is 28.6. The molecule has 0 unspecified atom stereocenters. The van der Waals surface area contributed by atoms with E-state index in [4.69, 9.17) is 0 Å². The van der Waals surface area contributed by atoms with Crippen LogP contribution in [0.4, 0.5) is 5.69 Å². The van der Waals surface area contributed by atoms with E-state index >= 15 is 0 Å². The number of likely N-dealkylation sites (tertiary alicyclic amines) is 1. The van der Waals surface area contributed by atoms with Crippen LogP contribution in [0, 0.1) is 13.8 Å². The molecule has 1 fully saturated rings. The maximum absolute atomic E-state index is 13.1. The third kappa shape index (κ3) is 4.55. The minimum atomic E-state index is -3.91. The lowest BCUT2D eigenvalue weighted by molar-refractivity contribution is 0.0760. The van der Waals surface area contributed by atoms with Crippen LogP contribution in [0.15, 0.2) is 52.3 Å². The van der Waals surface area contributed by atoms with Crippen LogP contribution in [0.2, 0.25) is 0 Å².